The first kappa shape index (κ1) is 13.3. The third kappa shape index (κ3) is 2.14. The van der Waals surface area contributed by atoms with Crippen molar-refractivity contribution in [2.45, 2.75) is 44.1 Å². The largest absolute Gasteiger partial charge is 0.392 e. The summed E-state index contributed by atoms with van der Waals surface area (Å²) in [6.07, 6.45) is 3.43. The maximum atomic E-state index is 10.9. The summed E-state index contributed by atoms with van der Waals surface area (Å²) >= 11 is 0. The molecule has 1 aliphatic carbocycles. The van der Waals surface area contributed by atoms with E-state index in [0.29, 0.717) is 0 Å². The number of aryl methyl sites for hydroxylation is 1. The van der Waals surface area contributed by atoms with E-state index in [9.17, 15) is 5.11 Å². The van der Waals surface area contributed by atoms with Gasteiger partial charge in [0.15, 0.2) is 0 Å². The Balaban J connectivity index is 1.92. The number of benzene rings is 1. The summed E-state index contributed by atoms with van der Waals surface area (Å²) < 4.78 is 0. The molecule has 3 rings (SSSR count). The third-order valence-corrected chi connectivity index (χ3v) is 4.64. The van der Waals surface area contributed by atoms with Crippen LogP contribution in [0, 0.1) is 0 Å². The molecule has 0 fully saturated rings. The SMILES string of the molecule is CC(C)(c1ccccc1)C(O)C1CCc2cccnc21. The van der Waals surface area contributed by atoms with Gasteiger partial charge in [-0.1, -0.05) is 50.2 Å². The van der Waals surface area contributed by atoms with Gasteiger partial charge in [0.05, 0.1) is 6.10 Å². The Hall–Kier alpha value is -1.67. The van der Waals surface area contributed by atoms with E-state index in [2.05, 4.69) is 37.0 Å². The fourth-order valence-corrected chi connectivity index (χ4v) is 3.29. The third-order valence-electron chi connectivity index (χ3n) is 4.64. The molecule has 0 bridgehead atoms. The van der Waals surface area contributed by atoms with E-state index >= 15 is 0 Å². The summed E-state index contributed by atoms with van der Waals surface area (Å²) in [5.41, 5.74) is 3.28. The lowest BCUT2D eigenvalue weighted by molar-refractivity contribution is 0.0716. The lowest BCUT2D eigenvalue weighted by atomic mass is 9.73. The van der Waals surface area contributed by atoms with Crippen molar-refractivity contribution in [2.75, 3.05) is 0 Å². The quantitative estimate of drug-likeness (QED) is 0.924. The van der Waals surface area contributed by atoms with Crippen molar-refractivity contribution in [1.29, 1.82) is 0 Å². The number of aliphatic hydroxyl groups is 1. The summed E-state index contributed by atoms with van der Waals surface area (Å²) in [4.78, 5) is 4.51. The van der Waals surface area contributed by atoms with Gasteiger partial charge in [-0.05, 0) is 30.0 Å². The molecule has 0 radical (unpaired) electrons. The van der Waals surface area contributed by atoms with Gasteiger partial charge in [0.2, 0.25) is 0 Å². The van der Waals surface area contributed by atoms with Crippen LogP contribution in [0.4, 0.5) is 0 Å². The average molecular weight is 267 g/mol. The molecule has 2 atom stereocenters. The molecule has 0 aliphatic heterocycles. The van der Waals surface area contributed by atoms with Crippen LogP contribution in [-0.4, -0.2) is 16.2 Å². The van der Waals surface area contributed by atoms with Crippen LogP contribution >= 0.6 is 0 Å². The summed E-state index contributed by atoms with van der Waals surface area (Å²) in [7, 11) is 0. The highest BCUT2D eigenvalue weighted by molar-refractivity contribution is 5.33. The van der Waals surface area contributed by atoms with Crippen LogP contribution in [0.5, 0.6) is 0 Å². The van der Waals surface area contributed by atoms with Crippen molar-refractivity contribution in [3.63, 3.8) is 0 Å². The van der Waals surface area contributed by atoms with E-state index in [1.165, 1.54) is 11.1 Å². The Labute approximate surface area is 120 Å². The lowest BCUT2D eigenvalue weighted by Crippen LogP contribution is -2.38. The van der Waals surface area contributed by atoms with Gasteiger partial charge < -0.3 is 5.11 Å². The number of hydrogen-bond acceptors (Lipinski definition) is 2. The summed E-state index contributed by atoms with van der Waals surface area (Å²) in [6, 6.07) is 14.4. The number of hydrogen-bond donors (Lipinski definition) is 1. The van der Waals surface area contributed by atoms with Crippen molar-refractivity contribution >= 4 is 0 Å². The van der Waals surface area contributed by atoms with Gasteiger partial charge in [-0.15, -0.1) is 0 Å². The van der Waals surface area contributed by atoms with Gasteiger partial charge in [0, 0.05) is 23.2 Å². The smallest absolute Gasteiger partial charge is 0.0715 e. The van der Waals surface area contributed by atoms with E-state index in [0.717, 1.165) is 18.5 Å². The number of fused-ring (bicyclic) bond motifs is 1. The van der Waals surface area contributed by atoms with Crippen LogP contribution < -0.4 is 0 Å². The molecule has 1 aromatic carbocycles. The van der Waals surface area contributed by atoms with E-state index in [1.807, 2.05) is 30.5 Å². The molecule has 1 aliphatic rings. The van der Waals surface area contributed by atoms with E-state index in [1.54, 1.807) is 0 Å². The predicted molar refractivity (Wildman–Crippen MR) is 80.8 cm³/mol. The molecule has 104 valence electrons. The monoisotopic (exact) mass is 267 g/mol. The van der Waals surface area contributed by atoms with Gasteiger partial charge >= 0.3 is 0 Å². The number of pyridine rings is 1. The highest BCUT2D eigenvalue weighted by atomic mass is 16.3. The molecule has 2 heteroatoms. The minimum Gasteiger partial charge on any atom is -0.392 e. The molecule has 2 unspecified atom stereocenters. The number of nitrogens with zero attached hydrogens (tertiary/aromatic N) is 1. The number of aromatic nitrogens is 1. The zero-order chi connectivity index (χ0) is 14.2. The fourth-order valence-electron chi connectivity index (χ4n) is 3.29. The van der Waals surface area contributed by atoms with Crippen LogP contribution in [0.15, 0.2) is 48.7 Å². The van der Waals surface area contributed by atoms with E-state index in [4.69, 9.17) is 0 Å². The second-order valence-corrected chi connectivity index (χ2v) is 6.23. The highest BCUT2D eigenvalue weighted by Crippen LogP contribution is 2.41. The highest BCUT2D eigenvalue weighted by Gasteiger charge is 2.39. The normalized spacial score (nSPS) is 19.6. The minimum absolute atomic E-state index is 0.140. The van der Waals surface area contributed by atoms with Crippen molar-refractivity contribution in [3.05, 3.63) is 65.5 Å². The van der Waals surface area contributed by atoms with Crippen LogP contribution in [0.2, 0.25) is 0 Å². The number of rotatable bonds is 3. The minimum atomic E-state index is -0.416. The van der Waals surface area contributed by atoms with E-state index < -0.39 is 6.10 Å². The van der Waals surface area contributed by atoms with Crippen molar-refractivity contribution < 1.29 is 5.11 Å². The molecular formula is C18H21NO. The van der Waals surface area contributed by atoms with Crippen LogP contribution in [0.25, 0.3) is 0 Å². The van der Waals surface area contributed by atoms with E-state index in [-0.39, 0.29) is 11.3 Å². The first-order valence-corrected chi connectivity index (χ1v) is 7.28. The standard InChI is InChI=1S/C18H21NO/c1-18(2,14-8-4-3-5-9-14)17(20)15-11-10-13-7-6-12-19-16(13)15/h3-9,12,15,17,20H,10-11H2,1-2H3. The lowest BCUT2D eigenvalue weighted by Gasteiger charge is -2.35. The Morgan fingerprint density at radius 1 is 1.15 bits per heavy atom. The second kappa shape index (κ2) is 5.02. The molecule has 1 aromatic heterocycles. The summed E-state index contributed by atoms with van der Waals surface area (Å²) in [6.45, 7) is 4.24. The van der Waals surface area contributed by atoms with Crippen LogP contribution in [0.3, 0.4) is 0 Å². The van der Waals surface area contributed by atoms with Crippen LogP contribution in [0.1, 0.15) is 43.0 Å². The van der Waals surface area contributed by atoms with Crippen molar-refractivity contribution in [1.82, 2.24) is 4.98 Å². The van der Waals surface area contributed by atoms with Gasteiger partial charge in [-0.25, -0.2) is 0 Å². The first-order valence-electron chi connectivity index (χ1n) is 7.28. The maximum Gasteiger partial charge on any atom is 0.0715 e. The molecule has 2 nitrogen and oxygen atoms in total. The molecule has 0 spiro atoms. The molecule has 20 heavy (non-hydrogen) atoms. The maximum absolute atomic E-state index is 10.9. The van der Waals surface area contributed by atoms with Gasteiger partial charge in [0.25, 0.3) is 0 Å². The first-order chi connectivity index (χ1) is 9.60. The topological polar surface area (TPSA) is 33.1 Å². The molecule has 0 saturated heterocycles. The Morgan fingerprint density at radius 2 is 1.90 bits per heavy atom. The molecular weight excluding hydrogens is 246 g/mol. The average Bonchev–Trinajstić information content (AvgIpc) is 2.91. The zero-order valence-corrected chi connectivity index (χ0v) is 12.1. The molecule has 1 N–H and O–H groups in total. The fraction of sp³-hybridized carbons (Fsp3) is 0.389. The predicted octanol–water partition coefficient (Wildman–Crippen LogP) is 3.45. The van der Waals surface area contributed by atoms with Gasteiger partial charge in [0.1, 0.15) is 0 Å². The Morgan fingerprint density at radius 3 is 2.65 bits per heavy atom. The molecule has 0 amide bonds. The van der Waals surface area contributed by atoms with Crippen molar-refractivity contribution in [3.8, 4) is 0 Å². The van der Waals surface area contributed by atoms with Gasteiger partial charge in [-0.2, -0.15) is 0 Å². The summed E-state index contributed by atoms with van der Waals surface area (Å²) in [5, 5.41) is 10.9. The van der Waals surface area contributed by atoms with Gasteiger partial charge in [-0.3, -0.25) is 4.98 Å². The van der Waals surface area contributed by atoms with Crippen LogP contribution in [-0.2, 0) is 11.8 Å². The second-order valence-electron chi connectivity index (χ2n) is 6.23. The summed E-state index contributed by atoms with van der Waals surface area (Å²) in [5.74, 6) is 0.140. The zero-order valence-electron chi connectivity index (χ0n) is 12.1. The molecule has 2 aromatic rings. The molecule has 1 heterocycles. The van der Waals surface area contributed by atoms with Crippen molar-refractivity contribution in [2.24, 2.45) is 0 Å². The Kier molecular flexibility index (Phi) is 3.35. The molecule has 0 saturated carbocycles. The Bertz CT molecular complexity index is 591. The number of aliphatic hydroxyl groups excluding tert-OH is 1.